The number of thioether (sulfide) groups is 1. The predicted octanol–water partition coefficient (Wildman–Crippen LogP) is 3.46. The average Bonchev–Trinajstić information content (AvgIpc) is 2.62. The lowest BCUT2D eigenvalue weighted by Crippen LogP contribution is -2.46. The molecule has 0 radical (unpaired) electrons. The molecule has 0 aromatic rings. The summed E-state index contributed by atoms with van der Waals surface area (Å²) in [5.41, 5.74) is 0.705. The molecule has 0 aromatic heterocycles. The number of fused-ring (bicyclic) bond motifs is 2. The van der Waals surface area contributed by atoms with Gasteiger partial charge in [0.1, 0.15) is 0 Å². The Morgan fingerprint density at radius 1 is 1.39 bits per heavy atom. The zero-order valence-electron chi connectivity index (χ0n) is 12.2. The third kappa shape index (κ3) is 2.19. The lowest BCUT2D eigenvalue weighted by molar-refractivity contribution is -0.122. The normalized spacial score (nSPS) is 36.9. The molecule has 2 rings (SSSR count). The molecule has 2 aliphatic carbocycles. The molecule has 2 bridgehead atoms. The molecule has 18 heavy (non-hydrogen) atoms. The van der Waals surface area contributed by atoms with Crippen molar-refractivity contribution in [3.8, 4) is 0 Å². The van der Waals surface area contributed by atoms with E-state index >= 15 is 0 Å². The van der Waals surface area contributed by atoms with Gasteiger partial charge in [-0.2, -0.15) is 11.8 Å². The molecule has 0 aliphatic heterocycles. The molecule has 0 spiro atoms. The molecule has 1 amide bonds. The third-order valence-corrected chi connectivity index (χ3v) is 6.58. The van der Waals surface area contributed by atoms with Gasteiger partial charge in [-0.3, -0.25) is 4.79 Å². The minimum absolute atomic E-state index is 0.263. The maximum atomic E-state index is 12.0. The van der Waals surface area contributed by atoms with Crippen LogP contribution in [-0.2, 0) is 4.79 Å². The summed E-state index contributed by atoms with van der Waals surface area (Å²) in [5.74, 6) is 2.15. The summed E-state index contributed by atoms with van der Waals surface area (Å²) in [6.45, 7) is 7.17. The molecule has 1 N–H and O–H groups in total. The van der Waals surface area contributed by atoms with Crippen LogP contribution in [0, 0.1) is 16.7 Å². The monoisotopic (exact) mass is 269 g/mol. The van der Waals surface area contributed by atoms with Gasteiger partial charge in [0.25, 0.3) is 0 Å². The highest BCUT2D eigenvalue weighted by molar-refractivity contribution is 7.98. The predicted molar refractivity (Wildman–Crippen MR) is 78.8 cm³/mol. The summed E-state index contributed by atoms with van der Waals surface area (Å²) in [4.78, 5) is 12.0. The first-order valence-corrected chi connectivity index (χ1v) is 8.59. The van der Waals surface area contributed by atoms with E-state index in [2.05, 4.69) is 32.3 Å². The maximum Gasteiger partial charge on any atom is 0.220 e. The Kier molecular flexibility index (Phi) is 4.01. The lowest BCUT2D eigenvalue weighted by Gasteiger charge is -2.39. The fourth-order valence-corrected chi connectivity index (χ4v) is 4.50. The smallest absolute Gasteiger partial charge is 0.220 e. The lowest BCUT2D eigenvalue weighted by atomic mass is 9.69. The van der Waals surface area contributed by atoms with Crippen LogP contribution >= 0.6 is 11.8 Å². The summed E-state index contributed by atoms with van der Waals surface area (Å²) in [5, 5.41) is 3.32. The number of nitrogens with one attached hydrogen (secondary N) is 1. The van der Waals surface area contributed by atoms with Crippen LogP contribution in [0.15, 0.2) is 0 Å². The van der Waals surface area contributed by atoms with E-state index in [1.165, 1.54) is 19.3 Å². The second kappa shape index (κ2) is 5.07. The van der Waals surface area contributed by atoms with Gasteiger partial charge in [0.05, 0.1) is 0 Å². The zero-order valence-corrected chi connectivity index (χ0v) is 13.0. The first-order valence-electron chi connectivity index (χ1n) is 7.20. The van der Waals surface area contributed by atoms with Gasteiger partial charge in [-0.05, 0) is 54.4 Å². The van der Waals surface area contributed by atoms with E-state index in [1.807, 2.05) is 11.8 Å². The van der Waals surface area contributed by atoms with Crippen molar-refractivity contribution in [2.45, 2.75) is 58.9 Å². The van der Waals surface area contributed by atoms with Crippen LogP contribution in [0.25, 0.3) is 0 Å². The van der Waals surface area contributed by atoms with Crippen molar-refractivity contribution >= 4 is 17.7 Å². The first-order chi connectivity index (χ1) is 8.41. The molecule has 3 unspecified atom stereocenters. The standard InChI is InChI=1S/C15H27NOS/c1-14(2)11-7-8-15(14,3)12(10-11)16-13(17)6-5-9-18-4/h11-12H,5-10H2,1-4H3,(H,16,17). The number of amides is 1. The van der Waals surface area contributed by atoms with E-state index in [0.717, 1.165) is 18.1 Å². The van der Waals surface area contributed by atoms with Crippen LogP contribution in [-0.4, -0.2) is 24.0 Å². The van der Waals surface area contributed by atoms with Crippen molar-refractivity contribution in [2.24, 2.45) is 16.7 Å². The van der Waals surface area contributed by atoms with E-state index in [9.17, 15) is 4.79 Å². The van der Waals surface area contributed by atoms with Gasteiger partial charge in [0.15, 0.2) is 0 Å². The highest BCUT2D eigenvalue weighted by Crippen LogP contribution is 2.65. The van der Waals surface area contributed by atoms with Crippen molar-refractivity contribution in [1.29, 1.82) is 0 Å². The summed E-state index contributed by atoms with van der Waals surface area (Å²) < 4.78 is 0. The highest BCUT2D eigenvalue weighted by Gasteiger charge is 2.61. The molecule has 0 saturated heterocycles. The molecule has 0 heterocycles. The van der Waals surface area contributed by atoms with Crippen LogP contribution in [0.5, 0.6) is 0 Å². The van der Waals surface area contributed by atoms with Gasteiger partial charge in [-0.25, -0.2) is 0 Å². The fraction of sp³-hybridized carbons (Fsp3) is 0.933. The minimum atomic E-state index is 0.263. The minimum Gasteiger partial charge on any atom is -0.353 e. The first kappa shape index (κ1) is 14.2. The molecular weight excluding hydrogens is 242 g/mol. The maximum absolute atomic E-state index is 12.0. The van der Waals surface area contributed by atoms with E-state index in [1.54, 1.807) is 0 Å². The van der Waals surface area contributed by atoms with Gasteiger partial charge >= 0.3 is 0 Å². The van der Waals surface area contributed by atoms with E-state index < -0.39 is 0 Å². The van der Waals surface area contributed by atoms with Crippen molar-refractivity contribution in [1.82, 2.24) is 5.32 Å². The molecule has 0 aromatic carbocycles. The molecule has 104 valence electrons. The van der Waals surface area contributed by atoms with Gasteiger partial charge in [-0.1, -0.05) is 20.8 Å². The number of hydrogen-bond donors (Lipinski definition) is 1. The summed E-state index contributed by atoms with van der Waals surface area (Å²) >= 11 is 1.82. The Morgan fingerprint density at radius 3 is 2.61 bits per heavy atom. The van der Waals surface area contributed by atoms with Gasteiger partial charge in [0, 0.05) is 12.5 Å². The Bertz CT molecular complexity index is 328. The molecule has 2 fully saturated rings. The topological polar surface area (TPSA) is 29.1 Å². The molecule has 2 aliphatic rings. The number of carbonyl (C=O) groups is 1. The molecular formula is C15H27NOS. The summed E-state index contributed by atoms with van der Waals surface area (Å²) in [7, 11) is 0. The average molecular weight is 269 g/mol. The van der Waals surface area contributed by atoms with Crippen molar-refractivity contribution < 1.29 is 4.79 Å². The zero-order chi connectivity index (χ0) is 13.4. The number of rotatable bonds is 5. The van der Waals surface area contributed by atoms with E-state index in [4.69, 9.17) is 0 Å². The number of carbonyl (C=O) groups excluding carboxylic acids is 1. The fourth-order valence-electron chi connectivity index (χ4n) is 4.07. The highest BCUT2D eigenvalue weighted by atomic mass is 32.2. The van der Waals surface area contributed by atoms with Crippen LogP contribution in [0.1, 0.15) is 52.9 Å². The molecule has 3 heteroatoms. The van der Waals surface area contributed by atoms with Crippen LogP contribution < -0.4 is 5.32 Å². The van der Waals surface area contributed by atoms with Crippen LogP contribution in [0.2, 0.25) is 0 Å². The van der Waals surface area contributed by atoms with Crippen molar-refractivity contribution in [2.75, 3.05) is 12.0 Å². The Morgan fingerprint density at radius 2 is 2.11 bits per heavy atom. The van der Waals surface area contributed by atoms with Crippen LogP contribution in [0.4, 0.5) is 0 Å². The summed E-state index contributed by atoms with van der Waals surface area (Å²) in [6.07, 6.45) is 7.61. The Balaban J connectivity index is 1.90. The van der Waals surface area contributed by atoms with Gasteiger partial charge < -0.3 is 5.32 Å². The van der Waals surface area contributed by atoms with E-state index in [0.29, 0.717) is 23.3 Å². The molecule has 3 atom stereocenters. The second-order valence-electron chi connectivity index (χ2n) is 6.83. The second-order valence-corrected chi connectivity index (χ2v) is 7.81. The molecule has 2 nitrogen and oxygen atoms in total. The van der Waals surface area contributed by atoms with Gasteiger partial charge in [-0.15, -0.1) is 0 Å². The molecule has 2 saturated carbocycles. The third-order valence-electron chi connectivity index (χ3n) is 5.88. The van der Waals surface area contributed by atoms with Crippen molar-refractivity contribution in [3.63, 3.8) is 0 Å². The Hall–Kier alpha value is -0.180. The van der Waals surface area contributed by atoms with Crippen molar-refractivity contribution in [3.05, 3.63) is 0 Å². The van der Waals surface area contributed by atoms with E-state index in [-0.39, 0.29) is 5.91 Å². The summed E-state index contributed by atoms with van der Waals surface area (Å²) in [6, 6.07) is 0.410. The number of hydrogen-bond acceptors (Lipinski definition) is 2. The SMILES string of the molecule is CSCCCC(=O)NC1CC2CCC1(C)C2(C)C. The largest absolute Gasteiger partial charge is 0.353 e. The van der Waals surface area contributed by atoms with Gasteiger partial charge in [0.2, 0.25) is 5.91 Å². The quantitative estimate of drug-likeness (QED) is 0.774. The Labute approximate surface area is 116 Å². The van der Waals surface area contributed by atoms with Crippen LogP contribution in [0.3, 0.4) is 0 Å².